The Morgan fingerprint density at radius 3 is 2.16 bits per heavy atom. The average molecular weight is 629 g/mol. The number of nitrogens with one attached hydrogen (secondary N) is 1. The van der Waals surface area contributed by atoms with E-state index in [0.717, 1.165) is 28.6 Å². The van der Waals surface area contributed by atoms with Crippen molar-refractivity contribution in [3.63, 3.8) is 0 Å². The molecule has 1 N–H and O–H groups in total. The molecule has 43 heavy (non-hydrogen) atoms. The molecule has 9 heteroatoms. The Kier molecular flexibility index (Phi) is 12.1. The van der Waals surface area contributed by atoms with Crippen LogP contribution in [-0.2, 0) is 12.7 Å². The first-order valence-electron chi connectivity index (χ1n) is 14.2. The molecule has 0 radical (unpaired) electrons. The summed E-state index contributed by atoms with van der Waals surface area (Å²) in [7, 11) is 1.60. The third-order valence-electron chi connectivity index (χ3n) is 7.00. The quantitative estimate of drug-likeness (QED) is 0.105. The number of benzene rings is 4. The fourth-order valence-electron chi connectivity index (χ4n) is 4.91. The number of halogens is 4. The van der Waals surface area contributed by atoms with Crippen molar-refractivity contribution in [2.45, 2.75) is 32.0 Å². The Labute approximate surface area is 261 Å². The molecule has 0 aromatic heterocycles. The summed E-state index contributed by atoms with van der Waals surface area (Å²) in [6, 6.07) is 30.1. The van der Waals surface area contributed by atoms with Crippen molar-refractivity contribution in [3.05, 3.63) is 124 Å². The van der Waals surface area contributed by atoms with Gasteiger partial charge >= 0.3 is 6.18 Å². The molecule has 0 aliphatic rings. The van der Waals surface area contributed by atoms with Gasteiger partial charge in [-0.05, 0) is 41.3 Å². The summed E-state index contributed by atoms with van der Waals surface area (Å²) < 4.78 is 55.9. The van der Waals surface area contributed by atoms with Crippen LogP contribution in [0.25, 0.3) is 0 Å². The maximum absolute atomic E-state index is 13.7. The van der Waals surface area contributed by atoms with Crippen LogP contribution in [-0.4, -0.2) is 37.5 Å². The molecule has 4 rings (SSSR count). The number of hydrogen-bond acceptors (Lipinski definition) is 5. The van der Waals surface area contributed by atoms with Gasteiger partial charge in [-0.25, -0.2) is 0 Å². The van der Waals surface area contributed by atoms with Crippen molar-refractivity contribution in [2.75, 3.05) is 37.3 Å². The van der Waals surface area contributed by atoms with E-state index in [9.17, 15) is 13.2 Å². The topological polar surface area (TPSA) is 33.7 Å². The lowest BCUT2D eigenvalue weighted by molar-refractivity contribution is -0.137. The summed E-state index contributed by atoms with van der Waals surface area (Å²) >= 11 is 7.93. The molecule has 0 amide bonds. The van der Waals surface area contributed by atoms with Crippen LogP contribution in [0, 0.1) is 0 Å². The van der Waals surface area contributed by atoms with Crippen LogP contribution in [0.4, 0.5) is 18.9 Å². The molecule has 0 spiro atoms. The highest BCUT2D eigenvalue weighted by atomic mass is 35.5. The van der Waals surface area contributed by atoms with Crippen molar-refractivity contribution >= 4 is 29.2 Å². The summed E-state index contributed by atoms with van der Waals surface area (Å²) in [6.07, 6.45) is -3.89. The van der Waals surface area contributed by atoms with Gasteiger partial charge in [0.1, 0.15) is 0 Å². The van der Waals surface area contributed by atoms with Gasteiger partial charge < -0.3 is 14.2 Å². The van der Waals surface area contributed by atoms with Crippen LogP contribution in [0.3, 0.4) is 0 Å². The Bertz CT molecular complexity index is 1390. The molecule has 0 atom stereocenters. The highest BCUT2D eigenvalue weighted by Gasteiger charge is 2.34. The first kappa shape index (κ1) is 32.6. The van der Waals surface area contributed by atoms with Crippen LogP contribution < -0.4 is 14.2 Å². The first-order valence-corrected chi connectivity index (χ1v) is 15.5. The second-order valence-electron chi connectivity index (χ2n) is 9.99. The molecule has 4 nitrogen and oxygen atoms in total. The monoisotopic (exact) mass is 628 g/mol. The second kappa shape index (κ2) is 15.9. The highest BCUT2D eigenvalue weighted by Crippen LogP contribution is 2.37. The number of alkyl halides is 3. The third-order valence-corrected chi connectivity index (χ3v) is 8.11. The van der Waals surface area contributed by atoms with Gasteiger partial charge in [-0.2, -0.15) is 13.2 Å². The van der Waals surface area contributed by atoms with Gasteiger partial charge in [0.25, 0.3) is 0 Å². The summed E-state index contributed by atoms with van der Waals surface area (Å²) in [5.41, 5.74) is 2.79. The summed E-state index contributed by atoms with van der Waals surface area (Å²) in [5, 5.41) is -0.258. The number of methoxy groups -OCH3 is 1. The molecular weight excluding hydrogens is 593 g/mol. The van der Waals surface area contributed by atoms with E-state index in [4.69, 9.17) is 21.1 Å². The fourth-order valence-corrected chi connectivity index (χ4v) is 5.64. The van der Waals surface area contributed by atoms with Crippen LogP contribution in [0.2, 0.25) is 5.02 Å². The molecule has 4 aromatic carbocycles. The first-order chi connectivity index (χ1) is 20.8. The summed E-state index contributed by atoms with van der Waals surface area (Å²) in [6.45, 7) is 3.88. The van der Waals surface area contributed by atoms with Gasteiger partial charge in [-0.15, -0.1) is 0 Å². The standard InChI is InChI=1S/C34H36ClF3N2O2S/c1-3-43-39-28-18-19-31(41-2)32(22-28)42-21-11-20-40(23-27-16-10-17-30(33(27)35)34(36,37)38)24-29(25-12-6-4-7-13-25)26-14-8-5-9-15-26/h4-10,12-19,22,29,39H,3,11,20-21,23-24H2,1-2H3. The molecule has 0 saturated heterocycles. The van der Waals surface area contributed by atoms with Crippen molar-refractivity contribution in [1.29, 1.82) is 0 Å². The molecule has 0 heterocycles. The van der Waals surface area contributed by atoms with Crippen LogP contribution in [0.15, 0.2) is 97.1 Å². The maximum Gasteiger partial charge on any atom is 0.417 e. The van der Waals surface area contributed by atoms with Crippen LogP contribution in [0.1, 0.15) is 41.5 Å². The lowest BCUT2D eigenvalue weighted by Gasteiger charge is -2.29. The Morgan fingerprint density at radius 1 is 0.884 bits per heavy atom. The van der Waals surface area contributed by atoms with Gasteiger partial charge in [0.15, 0.2) is 11.5 Å². The summed E-state index contributed by atoms with van der Waals surface area (Å²) in [5.74, 6) is 2.18. The van der Waals surface area contributed by atoms with E-state index in [1.54, 1.807) is 25.1 Å². The second-order valence-corrected chi connectivity index (χ2v) is 11.4. The van der Waals surface area contributed by atoms with E-state index in [1.807, 2.05) is 54.6 Å². The number of ether oxygens (including phenoxy) is 2. The van der Waals surface area contributed by atoms with Crippen LogP contribution >= 0.6 is 23.5 Å². The van der Waals surface area contributed by atoms with Gasteiger partial charge in [0.05, 0.1) is 24.3 Å². The number of nitrogens with zero attached hydrogens (tertiary/aromatic N) is 1. The average Bonchev–Trinajstić information content (AvgIpc) is 3.02. The molecular formula is C34H36ClF3N2O2S. The Hall–Kier alpha value is -3.33. The van der Waals surface area contributed by atoms with Crippen molar-refractivity contribution in [3.8, 4) is 11.5 Å². The number of rotatable bonds is 15. The Morgan fingerprint density at radius 2 is 1.56 bits per heavy atom. The lowest BCUT2D eigenvalue weighted by atomic mass is 9.90. The van der Waals surface area contributed by atoms with Gasteiger partial charge in [-0.1, -0.05) is 103 Å². The fraction of sp³-hybridized carbons (Fsp3) is 0.294. The maximum atomic E-state index is 13.7. The van der Waals surface area contributed by atoms with Gasteiger partial charge in [0, 0.05) is 43.1 Å². The van der Waals surface area contributed by atoms with E-state index >= 15 is 0 Å². The largest absolute Gasteiger partial charge is 0.493 e. The minimum Gasteiger partial charge on any atom is -0.493 e. The molecule has 0 aliphatic carbocycles. The zero-order valence-corrected chi connectivity index (χ0v) is 25.8. The summed E-state index contributed by atoms with van der Waals surface area (Å²) in [4.78, 5) is 2.16. The van der Waals surface area contributed by atoms with Crippen molar-refractivity contribution in [1.82, 2.24) is 4.90 Å². The van der Waals surface area contributed by atoms with Crippen LogP contribution in [0.5, 0.6) is 11.5 Å². The van der Waals surface area contributed by atoms with E-state index in [2.05, 4.69) is 40.8 Å². The normalized spacial score (nSPS) is 11.6. The van der Waals surface area contributed by atoms with Crippen molar-refractivity contribution in [2.24, 2.45) is 0 Å². The van der Waals surface area contributed by atoms with E-state index in [0.29, 0.717) is 43.2 Å². The molecule has 0 saturated carbocycles. The molecule has 0 aliphatic heterocycles. The SMILES string of the molecule is CCSNc1ccc(OC)c(OCCCN(Cc2cccc(C(F)(F)F)c2Cl)CC(c2ccccc2)c2ccccc2)c1. The zero-order valence-electron chi connectivity index (χ0n) is 24.2. The molecule has 0 unspecified atom stereocenters. The lowest BCUT2D eigenvalue weighted by Crippen LogP contribution is -2.31. The van der Waals surface area contributed by atoms with Gasteiger partial charge in [-0.3, -0.25) is 4.90 Å². The number of anilines is 1. The molecule has 228 valence electrons. The van der Waals surface area contributed by atoms with E-state index in [1.165, 1.54) is 6.07 Å². The van der Waals surface area contributed by atoms with Gasteiger partial charge in [0.2, 0.25) is 0 Å². The molecule has 0 fully saturated rings. The van der Waals surface area contributed by atoms with Crippen molar-refractivity contribution < 1.29 is 22.6 Å². The third kappa shape index (κ3) is 9.33. The minimum absolute atomic E-state index is 0.00630. The Balaban J connectivity index is 1.56. The van der Waals surface area contributed by atoms with E-state index < -0.39 is 11.7 Å². The zero-order chi connectivity index (χ0) is 30.7. The number of hydrogen-bond donors (Lipinski definition) is 1. The highest BCUT2D eigenvalue weighted by molar-refractivity contribution is 8.00. The predicted octanol–water partition coefficient (Wildman–Crippen LogP) is 9.55. The predicted molar refractivity (Wildman–Crippen MR) is 171 cm³/mol. The molecule has 4 aromatic rings. The van der Waals surface area contributed by atoms with E-state index in [-0.39, 0.29) is 17.5 Å². The smallest absolute Gasteiger partial charge is 0.417 e. The minimum atomic E-state index is -4.53. The molecule has 0 bridgehead atoms.